The number of aliphatic hydroxyl groups excluding tert-OH is 1. The number of cyclic esters (lactones) is 1. The molecule has 0 aromatic heterocycles. The molecule has 1 unspecified atom stereocenters. The molecule has 1 heterocycles. The maximum Gasteiger partial charge on any atom is 0.334 e. The molecule has 96 valence electrons. The molecule has 0 amide bonds. The minimum Gasteiger partial charge on any atom is -0.457 e. The average molecular weight is 238 g/mol. The molecular formula is C14H22O3. The van der Waals surface area contributed by atoms with Crippen molar-refractivity contribution in [3.05, 3.63) is 23.3 Å². The molecule has 0 bridgehead atoms. The first-order chi connectivity index (χ1) is 8.15. The van der Waals surface area contributed by atoms with Gasteiger partial charge in [0, 0.05) is 5.57 Å². The van der Waals surface area contributed by atoms with Crippen LogP contribution in [0.1, 0.15) is 46.0 Å². The third kappa shape index (κ3) is 4.73. The molecule has 0 aromatic rings. The molecule has 3 nitrogen and oxygen atoms in total. The molecule has 0 saturated heterocycles. The summed E-state index contributed by atoms with van der Waals surface area (Å²) in [7, 11) is 0. The van der Waals surface area contributed by atoms with E-state index in [1.807, 2.05) is 13.0 Å². The third-order valence-corrected chi connectivity index (χ3v) is 3.10. The summed E-state index contributed by atoms with van der Waals surface area (Å²) in [5, 5.41) is 9.37. The van der Waals surface area contributed by atoms with Crippen LogP contribution in [0, 0.1) is 0 Å². The second-order valence-corrected chi connectivity index (χ2v) is 4.48. The SMILES string of the molecule is CCC(O)CCCC/C=C/C1=C(C)C(=O)OC1. The topological polar surface area (TPSA) is 46.5 Å². The van der Waals surface area contributed by atoms with Crippen LogP contribution in [-0.2, 0) is 9.53 Å². The van der Waals surface area contributed by atoms with Crippen LogP contribution >= 0.6 is 0 Å². The largest absolute Gasteiger partial charge is 0.457 e. The normalized spacial score (nSPS) is 17.9. The Morgan fingerprint density at radius 1 is 1.47 bits per heavy atom. The lowest BCUT2D eigenvalue weighted by atomic mass is 10.1. The number of carbonyl (C=O) groups excluding carboxylic acids is 1. The van der Waals surface area contributed by atoms with E-state index >= 15 is 0 Å². The summed E-state index contributed by atoms with van der Waals surface area (Å²) < 4.78 is 4.90. The summed E-state index contributed by atoms with van der Waals surface area (Å²) in [6, 6.07) is 0. The number of hydrogen-bond acceptors (Lipinski definition) is 3. The molecule has 0 aromatic carbocycles. The average Bonchev–Trinajstić information content (AvgIpc) is 2.64. The molecule has 0 spiro atoms. The van der Waals surface area contributed by atoms with Gasteiger partial charge in [-0.15, -0.1) is 0 Å². The first kappa shape index (κ1) is 14.0. The zero-order valence-electron chi connectivity index (χ0n) is 10.7. The standard InChI is InChI=1S/C14H22O3/c1-3-13(15)9-7-5-4-6-8-12-10-17-14(16)11(12)2/h6,8,13,15H,3-5,7,9-10H2,1-2H3/b8-6+. The van der Waals surface area contributed by atoms with E-state index < -0.39 is 0 Å². The van der Waals surface area contributed by atoms with Crippen molar-refractivity contribution in [2.45, 2.75) is 52.1 Å². The highest BCUT2D eigenvalue weighted by Crippen LogP contribution is 2.16. The number of ether oxygens (including phenoxy) is 1. The van der Waals surface area contributed by atoms with Gasteiger partial charge in [0.1, 0.15) is 6.61 Å². The van der Waals surface area contributed by atoms with Crippen molar-refractivity contribution in [2.24, 2.45) is 0 Å². The Balaban J connectivity index is 2.17. The Kier molecular flexibility index (Phi) is 5.98. The van der Waals surface area contributed by atoms with E-state index in [4.69, 9.17) is 4.74 Å². The van der Waals surface area contributed by atoms with E-state index in [2.05, 4.69) is 6.08 Å². The van der Waals surface area contributed by atoms with Crippen molar-refractivity contribution in [2.75, 3.05) is 6.61 Å². The van der Waals surface area contributed by atoms with Gasteiger partial charge in [0.25, 0.3) is 0 Å². The minimum atomic E-state index is -0.198. The van der Waals surface area contributed by atoms with E-state index in [1.54, 1.807) is 6.92 Å². The molecule has 0 aliphatic carbocycles. The van der Waals surface area contributed by atoms with Gasteiger partial charge in [-0.3, -0.25) is 0 Å². The lowest BCUT2D eigenvalue weighted by Gasteiger charge is -2.05. The Morgan fingerprint density at radius 3 is 2.82 bits per heavy atom. The maximum atomic E-state index is 11.1. The Hall–Kier alpha value is -1.09. The van der Waals surface area contributed by atoms with E-state index in [9.17, 15) is 9.90 Å². The summed E-state index contributed by atoms with van der Waals surface area (Å²) in [4.78, 5) is 11.1. The smallest absolute Gasteiger partial charge is 0.334 e. The van der Waals surface area contributed by atoms with Crippen LogP contribution in [0.25, 0.3) is 0 Å². The van der Waals surface area contributed by atoms with Crippen molar-refractivity contribution in [1.29, 1.82) is 0 Å². The highest BCUT2D eigenvalue weighted by atomic mass is 16.5. The van der Waals surface area contributed by atoms with E-state index in [0.29, 0.717) is 6.61 Å². The van der Waals surface area contributed by atoms with Gasteiger partial charge in [-0.25, -0.2) is 4.79 Å². The van der Waals surface area contributed by atoms with Gasteiger partial charge in [0.05, 0.1) is 6.10 Å². The lowest BCUT2D eigenvalue weighted by molar-refractivity contribution is -0.135. The van der Waals surface area contributed by atoms with Crippen LogP contribution in [0.5, 0.6) is 0 Å². The lowest BCUT2D eigenvalue weighted by Crippen LogP contribution is -2.03. The molecule has 17 heavy (non-hydrogen) atoms. The van der Waals surface area contributed by atoms with Crippen molar-refractivity contribution in [3.63, 3.8) is 0 Å². The quantitative estimate of drug-likeness (QED) is 0.548. The monoisotopic (exact) mass is 238 g/mol. The van der Waals surface area contributed by atoms with Crippen molar-refractivity contribution < 1.29 is 14.6 Å². The first-order valence-corrected chi connectivity index (χ1v) is 6.36. The number of esters is 1. The number of hydrogen-bond donors (Lipinski definition) is 1. The van der Waals surface area contributed by atoms with Crippen LogP contribution in [0.15, 0.2) is 23.3 Å². The van der Waals surface area contributed by atoms with E-state index in [0.717, 1.165) is 43.3 Å². The van der Waals surface area contributed by atoms with Gasteiger partial charge in [0.15, 0.2) is 0 Å². The molecular weight excluding hydrogens is 216 g/mol. The number of unbranched alkanes of at least 4 members (excludes halogenated alkanes) is 2. The fourth-order valence-corrected chi connectivity index (χ4v) is 1.74. The second kappa shape index (κ2) is 7.28. The molecule has 3 heteroatoms. The molecule has 0 radical (unpaired) electrons. The van der Waals surface area contributed by atoms with Gasteiger partial charge in [-0.2, -0.15) is 0 Å². The van der Waals surface area contributed by atoms with Crippen LogP contribution in [-0.4, -0.2) is 23.8 Å². The Bertz CT molecular complexity index is 315. The highest BCUT2D eigenvalue weighted by Gasteiger charge is 2.17. The first-order valence-electron chi connectivity index (χ1n) is 6.36. The summed E-state index contributed by atoms with van der Waals surface area (Å²) in [5.41, 5.74) is 1.71. The van der Waals surface area contributed by atoms with Crippen LogP contribution in [0.2, 0.25) is 0 Å². The van der Waals surface area contributed by atoms with Crippen LogP contribution in [0.4, 0.5) is 0 Å². The summed E-state index contributed by atoms with van der Waals surface area (Å²) in [6.45, 7) is 4.21. The minimum absolute atomic E-state index is 0.148. The zero-order chi connectivity index (χ0) is 12.7. The second-order valence-electron chi connectivity index (χ2n) is 4.48. The number of aliphatic hydroxyl groups is 1. The molecule has 0 saturated carbocycles. The van der Waals surface area contributed by atoms with Crippen LogP contribution < -0.4 is 0 Å². The molecule has 1 N–H and O–H groups in total. The molecule has 1 rings (SSSR count). The fraction of sp³-hybridized carbons (Fsp3) is 0.643. The van der Waals surface area contributed by atoms with Crippen LogP contribution in [0.3, 0.4) is 0 Å². The number of allylic oxidation sites excluding steroid dienone is 1. The molecule has 1 aliphatic rings. The molecule has 0 fully saturated rings. The number of rotatable bonds is 7. The maximum absolute atomic E-state index is 11.1. The fourth-order valence-electron chi connectivity index (χ4n) is 1.74. The Labute approximate surface area is 103 Å². The summed E-state index contributed by atoms with van der Waals surface area (Å²) >= 11 is 0. The number of carbonyl (C=O) groups is 1. The predicted molar refractivity (Wildman–Crippen MR) is 67.6 cm³/mol. The van der Waals surface area contributed by atoms with Gasteiger partial charge < -0.3 is 9.84 Å². The van der Waals surface area contributed by atoms with Gasteiger partial charge in [0.2, 0.25) is 0 Å². The summed E-state index contributed by atoms with van der Waals surface area (Å²) in [6.07, 6.45) is 8.75. The van der Waals surface area contributed by atoms with E-state index in [-0.39, 0.29) is 12.1 Å². The third-order valence-electron chi connectivity index (χ3n) is 3.10. The van der Waals surface area contributed by atoms with Gasteiger partial charge >= 0.3 is 5.97 Å². The van der Waals surface area contributed by atoms with E-state index in [1.165, 1.54) is 0 Å². The summed E-state index contributed by atoms with van der Waals surface area (Å²) in [5.74, 6) is -0.198. The zero-order valence-corrected chi connectivity index (χ0v) is 10.7. The van der Waals surface area contributed by atoms with Gasteiger partial charge in [-0.1, -0.05) is 25.5 Å². The highest BCUT2D eigenvalue weighted by molar-refractivity contribution is 5.91. The van der Waals surface area contributed by atoms with Crippen molar-refractivity contribution in [1.82, 2.24) is 0 Å². The van der Waals surface area contributed by atoms with Gasteiger partial charge in [-0.05, 0) is 38.2 Å². The van der Waals surface area contributed by atoms with Crippen molar-refractivity contribution in [3.8, 4) is 0 Å². The molecule has 1 aliphatic heterocycles. The molecule has 1 atom stereocenters. The van der Waals surface area contributed by atoms with Crippen molar-refractivity contribution >= 4 is 5.97 Å². The Morgan fingerprint density at radius 2 is 2.24 bits per heavy atom. The predicted octanol–water partition coefficient (Wildman–Crippen LogP) is 2.75.